The van der Waals surface area contributed by atoms with Crippen LogP contribution in [0, 0.1) is 0 Å². The highest BCUT2D eigenvalue weighted by Gasteiger charge is 2.42. The van der Waals surface area contributed by atoms with Gasteiger partial charge in [0.1, 0.15) is 5.82 Å². The summed E-state index contributed by atoms with van der Waals surface area (Å²) in [6.45, 7) is 2.24. The van der Waals surface area contributed by atoms with Crippen molar-refractivity contribution >= 4 is 27.1 Å². The number of rotatable bonds is 1. The number of imidazole rings is 1. The Bertz CT molecular complexity index is 499. The van der Waals surface area contributed by atoms with E-state index in [4.69, 9.17) is 0 Å². The van der Waals surface area contributed by atoms with E-state index in [1.54, 1.807) is 6.20 Å². The lowest BCUT2D eigenvalue weighted by molar-refractivity contribution is 0.727. The summed E-state index contributed by atoms with van der Waals surface area (Å²) < 4.78 is 0.987. The zero-order valence-corrected chi connectivity index (χ0v) is 9.43. The number of hydrogen-bond donors (Lipinski definition) is 1. The van der Waals surface area contributed by atoms with Gasteiger partial charge in [-0.25, -0.2) is 9.97 Å². The number of aromatic amines is 1. The Morgan fingerprint density at radius 2 is 2.29 bits per heavy atom. The number of hydrogen-bond acceptors (Lipinski definition) is 2. The van der Waals surface area contributed by atoms with Crippen molar-refractivity contribution in [3.8, 4) is 0 Å². The molecule has 14 heavy (non-hydrogen) atoms. The number of aromatic nitrogens is 3. The summed E-state index contributed by atoms with van der Waals surface area (Å²) in [5.74, 6) is 1.08. The first-order valence-electron chi connectivity index (χ1n) is 4.69. The lowest BCUT2D eigenvalue weighted by Crippen LogP contribution is -2.01. The molecule has 0 spiro atoms. The van der Waals surface area contributed by atoms with E-state index in [1.807, 2.05) is 6.07 Å². The Labute approximate surface area is 90.1 Å². The lowest BCUT2D eigenvalue weighted by Gasteiger charge is -2.00. The molecule has 0 bridgehead atoms. The fraction of sp³-hybridized carbons (Fsp3) is 0.400. The first-order valence-corrected chi connectivity index (χ1v) is 5.48. The van der Waals surface area contributed by atoms with Crippen LogP contribution in [0.2, 0.25) is 0 Å². The number of nitrogens with zero attached hydrogens (tertiary/aromatic N) is 2. The molecule has 1 aliphatic carbocycles. The SMILES string of the molecule is CC1(c2nc3ncc(Br)cc3[nH]2)CC1. The van der Waals surface area contributed by atoms with Crippen molar-refractivity contribution in [3.05, 3.63) is 22.6 Å². The number of pyridine rings is 1. The molecule has 0 unspecified atom stereocenters. The predicted octanol–water partition coefficient (Wildman–Crippen LogP) is 2.77. The van der Waals surface area contributed by atoms with Gasteiger partial charge < -0.3 is 4.98 Å². The normalized spacial score (nSPS) is 18.7. The van der Waals surface area contributed by atoms with E-state index in [9.17, 15) is 0 Å². The summed E-state index contributed by atoms with van der Waals surface area (Å²) in [5.41, 5.74) is 2.12. The lowest BCUT2D eigenvalue weighted by atomic mass is 10.1. The fourth-order valence-corrected chi connectivity index (χ4v) is 1.92. The summed E-state index contributed by atoms with van der Waals surface area (Å²) in [4.78, 5) is 12.1. The molecule has 1 fully saturated rings. The van der Waals surface area contributed by atoms with Gasteiger partial charge in [-0.3, -0.25) is 0 Å². The molecule has 0 saturated heterocycles. The fourth-order valence-electron chi connectivity index (χ4n) is 1.58. The second kappa shape index (κ2) is 2.57. The van der Waals surface area contributed by atoms with Crippen LogP contribution in [0.1, 0.15) is 25.6 Å². The summed E-state index contributed by atoms with van der Waals surface area (Å²) in [6.07, 6.45) is 4.24. The third-order valence-corrected chi connectivity index (χ3v) is 3.31. The van der Waals surface area contributed by atoms with E-state index in [0.29, 0.717) is 0 Å². The Balaban J connectivity index is 2.20. The smallest absolute Gasteiger partial charge is 0.177 e. The molecule has 72 valence electrons. The molecular formula is C10H10BrN3. The van der Waals surface area contributed by atoms with Crippen LogP contribution in [-0.4, -0.2) is 15.0 Å². The van der Waals surface area contributed by atoms with Gasteiger partial charge in [0.05, 0.1) is 5.52 Å². The van der Waals surface area contributed by atoms with E-state index in [0.717, 1.165) is 21.5 Å². The summed E-state index contributed by atoms with van der Waals surface area (Å²) in [6, 6.07) is 2.02. The minimum absolute atomic E-state index is 0.285. The highest BCUT2D eigenvalue weighted by Crippen LogP contribution is 2.46. The van der Waals surface area contributed by atoms with Crippen LogP contribution in [0.3, 0.4) is 0 Å². The van der Waals surface area contributed by atoms with Gasteiger partial charge in [0.25, 0.3) is 0 Å². The van der Waals surface area contributed by atoms with Crippen molar-refractivity contribution in [1.29, 1.82) is 0 Å². The third kappa shape index (κ3) is 1.17. The minimum Gasteiger partial charge on any atom is -0.340 e. The number of halogens is 1. The van der Waals surface area contributed by atoms with E-state index in [1.165, 1.54) is 12.8 Å². The van der Waals surface area contributed by atoms with Crippen LogP contribution in [0.25, 0.3) is 11.2 Å². The van der Waals surface area contributed by atoms with Crippen LogP contribution in [0.4, 0.5) is 0 Å². The first-order chi connectivity index (χ1) is 6.67. The monoisotopic (exact) mass is 251 g/mol. The Morgan fingerprint density at radius 1 is 1.50 bits per heavy atom. The second-order valence-electron chi connectivity index (χ2n) is 4.17. The van der Waals surface area contributed by atoms with Crippen molar-refractivity contribution in [2.45, 2.75) is 25.2 Å². The number of H-pyrrole nitrogens is 1. The highest BCUT2D eigenvalue weighted by atomic mass is 79.9. The van der Waals surface area contributed by atoms with Gasteiger partial charge in [-0.15, -0.1) is 0 Å². The molecule has 4 heteroatoms. The topological polar surface area (TPSA) is 41.6 Å². The maximum atomic E-state index is 4.50. The van der Waals surface area contributed by atoms with Crippen LogP contribution in [0.5, 0.6) is 0 Å². The third-order valence-electron chi connectivity index (χ3n) is 2.88. The standard InChI is InChI=1S/C10H10BrN3/c1-10(2-3-10)9-13-7-4-6(11)5-12-8(7)14-9/h4-5H,2-3H2,1H3,(H,12,13,14). The quantitative estimate of drug-likeness (QED) is 0.847. The van der Waals surface area contributed by atoms with Gasteiger partial charge in [0.2, 0.25) is 0 Å². The summed E-state index contributed by atoms with van der Waals surface area (Å²) in [5, 5.41) is 0. The zero-order valence-electron chi connectivity index (χ0n) is 7.84. The minimum atomic E-state index is 0.285. The van der Waals surface area contributed by atoms with Gasteiger partial charge >= 0.3 is 0 Å². The molecule has 0 atom stereocenters. The number of fused-ring (bicyclic) bond motifs is 1. The summed E-state index contributed by atoms with van der Waals surface area (Å²) in [7, 11) is 0. The van der Waals surface area contributed by atoms with Crippen LogP contribution in [-0.2, 0) is 5.41 Å². The van der Waals surface area contributed by atoms with Crippen molar-refractivity contribution in [2.75, 3.05) is 0 Å². The predicted molar refractivity (Wildman–Crippen MR) is 58.2 cm³/mol. The van der Waals surface area contributed by atoms with Crippen molar-refractivity contribution in [3.63, 3.8) is 0 Å². The zero-order chi connectivity index (χ0) is 9.76. The molecule has 0 radical (unpaired) electrons. The van der Waals surface area contributed by atoms with Gasteiger partial charge in [0.15, 0.2) is 5.65 Å². The highest BCUT2D eigenvalue weighted by molar-refractivity contribution is 9.10. The molecule has 3 nitrogen and oxygen atoms in total. The Hall–Kier alpha value is -0.900. The van der Waals surface area contributed by atoms with E-state index < -0.39 is 0 Å². The molecule has 1 N–H and O–H groups in total. The maximum absolute atomic E-state index is 4.50. The molecule has 1 saturated carbocycles. The van der Waals surface area contributed by atoms with Gasteiger partial charge in [-0.05, 0) is 34.8 Å². The second-order valence-corrected chi connectivity index (χ2v) is 5.09. The average Bonchev–Trinajstić information content (AvgIpc) is 2.77. The average molecular weight is 252 g/mol. The molecule has 2 heterocycles. The number of nitrogens with one attached hydrogen (secondary N) is 1. The molecule has 3 rings (SSSR count). The molecule has 0 aromatic carbocycles. The summed E-state index contributed by atoms with van der Waals surface area (Å²) >= 11 is 3.40. The van der Waals surface area contributed by atoms with Crippen LogP contribution in [0.15, 0.2) is 16.7 Å². The molecule has 2 aromatic rings. The molecule has 0 aliphatic heterocycles. The molecule has 1 aliphatic rings. The van der Waals surface area contributed by atoms with Gasteiger partial charge in [-0.2, -0.15) is 0 Å². The van der Waals surface area contributed by atoms with Crippen molar-refractivity contribution < 1.29 is 0 Å². The van der Waals surface area contributed by atoms with E-state index in [2.05, 4.69) is 37.8 Å². The van der Waals surface area contributed by atoms with Crippen LogP contribution < -0.4 is 0 Å². The van der Waals surface area contributed by atoms with Crippen LogP contribution >= 0.6 is 15.9 Å². The maximum Gasteiger partial charge on any atom is 0.177 e. The Kier molecular flexibility index (Phi) is 1.54. The van der Waals surface area contributed by atoms with E-state index >= 15 is 0 Å². The first kappa shape index (κ1) is 8.41. The largest absolute Gasteiger partial charge is 0.340 e. The molecular weight excluding hydrogens is 242 g/mol. The van der Waals surface area contributed by atoms with Gasteiger partial charge in [-0.1, -0.05) is 6.92 Å². The van der Waals surface area contributed by atoms with E-state index in [-0.39, 0.29) is 5.41 Å². The Morgan fingerprint density at radius 3 is 3.00 bits per heavy atom. The van der Waals surface area contributed by atoms with Crippen molar-refractivity contribution in [1.82, 2.24) is 15.0 Å². The molecule has 0 amide bonds. The van der Waals surface area contributed by atoms with Crippen molar-refractivity contribution in [2.24, 2.45) is 0 Å². The molecule has 2 aromatic heterocycles. The van der Waals surface area contributed by atoms with Gasteiger partial charge in [0, 0.05) is 16.1 Å².